The van der Waals surface area contributed by atoms with Crippen LogP contribution in [0.25, 0.3) is 10.9 Å². The molecule has 0 N–H and O–H groups in total. The van der Waals surface area contributed by atoms with E-state index in [9.17, 15) is 4.79 Å². The van der Waals surface area contributed by atoms with Gasteiger partial charge in [-0.25, -0.2) is 9.97 Å². The summed E-state index contributed by atoms with van der Waals surface area (Å²) < 4.78 is 0. The molecule has 0 aliphatic carbocycles. The number of thiophene rings is 1. The third kappa shape index (κ3) is 3.50. The second-order valence-corrected chi connectivity index (χ2v) is 9.29. The zero-order valence-electron chi connectivity index (χ0n) is 17.0. The van der Waals surface area contributed by atoms with Crippen molar-refractivity contribution < 1.29 is 4.79 Å². The highest BCUT2D eigenvalue weighted by atomic mass is 32.1. The van der Waals surface area contributed by atoms with Gasteiger partial charge in [-0.1, -0.05) is 12.1 Å². The molecule has 2 aliphatic rings. The van der Waals surface area contributed by atoms with Gasteiger partial charge in [-0.2, -0.15) is 0 Å². The van der Waals surface area contributed by atoms with Gasteiger partial charge in [0.2, 0.25) is 11.9 Å². The van der Waals surface area contributed by atoms with Gasteiger partial charge < -0.3 is 9.80 Å². The van der Waals surface area contributed by atoms with E-state index in [2.05, 4.69) is 46.4 Å². The molecular formula is C23H26N4OS. The molecule has 1 amide bonds. The quantitative estimate of drug-likeness (QED) is 0.643. The number of carbonyl (C=O) groups is 1. The highest BCUT2D eigenvalue weighted by Crippen LogP contribution is 2.28. The molecule has 1 atom stereocenters. The second kappa shape index (κ2) is 7.41. The third-order valence-electron chi connectivity index (χ3n) is 6.20. The number of amides is 1. The number of benzene rings is 1. The fourth-order valence-corrected chi connectivity index (χ4v) is 5.47. The van der Waals surface area contributed by atoms with Crippen molar-refractivity contribution >= 4 is 34.1 Å². The van der Waals surface area contributed by atoms with Gasteiger partial charge in [0.05, 0.1) is 17.1 Å². The number of hydrogen-bond acceptors (Lipinski definition) is 5. The monoisotopic (exact) mass is 406 g/mol. The van der Waals surface area contributed by atoms with Crippen LogP contribution in [0.1, 0.15) is 34.5 Å². The van der Waals surface area contributed by atoms with E-state index in [0.29, 0.717) is 12.5 Å². The van der Waals surface area contributed by atoms with Crippen molar-refractivity contribution in [1.29, 1.82) is 0 Å². The van der Waals surface area contributed by atoms with E-state index in [-0.39, 0.29) is 5.92 Å². The normalized spacial score (nSPS) is 19.4. The lowest BCUT2D eigenvalue weighted by molar-refractivity contribution is -0.136. The number of anilines is 1. The first-order valence-corrected chi connectivity index (χ1v) is 11.3. The summed E-state index contributed by atoms with van der Waals surface area (Å²) in [5, 5.41) is 3.24. The lowest BCUT2D eigenvalue weighted by atomic mass is 9.95. The van der Waals surface area contributed by atoms with Gasteiger partial charge in [0.1, 0.15) is 0 Å². The van der Waals surface area contributed by atoms with Crippen LogP contribution in [-0.2, 0) is 17.8 Å². The van der Waals surface area contributed by atoms with Crippen LogP contribution >= 0.6 is 11.3 Å². The van der Waals surface area contributed by atoms with Crippen LogP contribution in [0.5, 0.6) is 0 Å². The van der Waals surface area contributed by atoms with Crippen molar-refractivity contribution in [2.45, 2.75) is 39.7 Å². The predicted octanol–water partition coefficient (Wildman–Crippen LogP) is 4.11. The highest BCUT2D eigenvalue weighted by Gasteiger charge is 2.32. The minimum Gasteiger partial charge on any atom is -0.340 e. The number of nitrogens with zero attached hydrogens (tertiary/aromatic N) is 4. The van der Waals surface area contributed by atoms with E-state index < -0.39 is 0 Å². The molecule has 0 radical (unpaired) electrons. The van der Waals surface area contributed by atoms with E-state index in [1.54, 1.807) is 0 Å². The van der Waals surface area contributed by atoms with Crippen molar-refractivity contribution in [2.24, 2.45) is 5.92 Å². The number of fused-ring (bicyclic) bond motifs is 2. The SMILES string of the molecule is Cc1ccc2c(C)nc(N3CCCC(C(=O)N4CCc5sccc5C4)C3)nc2c1. The second-order valence-electron chi connectivity index (χ2n) is 8.29. The van der Waals surface area contributed by atoms with Crippen molar-refractivity contribution in [3.63, 3.8) is 0 Å². The first-order valence-electron chi connectivity index (χ1n) is 10.4. The highest BCUT2D eigenvalue weighted by molar-refractivity contribution is 7.10. The molecule has 0 spiro atoms. The minimum absolute atomic E-state index is 0.0287. The lowest BCUT2D eigenvalue weighted by Gasteiger charge is -2.36. The van der Waals surface area contributed by atoms with Crippen LogP contribution in [-0.4, -0.2) is 40.4 Å². The molecule has 1 aromatic carbocycles. The number of aromatic nitrogens is 2. The molecule has 0 bridgehead atoms. The lowest BCUT2D eigenvalue weighted by Crippen LogP contribution is -2.46. The van der Waals surface area contributed by atoms with Crippen LogP contribution in [0.3, 0.4) is 0 Å². The van der Waals surface area contributed by atoms with Gasteiger partial charge in [0.15, 0.2) is 0 Å². The standard InChI is InChI=1S/C23H26N4OS/c1-15-5-6-19-16(2)24-23(25-20(19)12-15)27-9-3-4-18(14-27)22(28)26-10-7-21-17(13-26)8-11-29-21/h5-6,8,11-12,18H,3-4,7,9-10,13-14H2,1-2H3. The number of rotatable bonds is 2. The van der Waals surface area contributed by atoms with Gasteiger partial charge in [0, 0.05) is 36.4 Å². The zero-order chi connectivity index (χ0) is 20.0. The number of hydrogen-bond donors (Lipinski definition) is 0. The summed E-state index contributed by atoms with van der Waals surface area (Å²) in [7, 11) is 0. The molecule has 1 fully saturated rings. The van der Waals surface area contributed by atoms with Gasteiger partial charge in [-0.15, -0.1) is 11.3 Å². The summed E-state index contributed by atoms with van der Waals surface area (Å²) in [5.74, 6) is 1.08. The largest absolute Gasteiger partial charge is 0.340 e. The summed E-state index contributed by atoms with van der Waals surface area (Å²) in [6.07, 6.45) is 2.94. The van der Waals surface area contributed by atoms with E-state index >= 15 is 0 Å². The number of carbonyl (C=O) groups excluding carboxylic acids is 1. The minimum atomic E-state index is 0.0287. The zero-order valence-corrected chi connectivity index (χ0v) is 17.8. The van der Waals surface area contributed by atoms with Crippen molar-refractivity contribution in [2.75, 3.05) is 24.5 Å². The predicted molar refractivity (Wildman–Crippen MR) is 117 cm³/mol. The Labute approximate surface area is 175 Å². The molecule has 2 aliphatic heterocycles. The topological polar surface area (TPSA) is 49.3 Å². The van der Waals surface area contributed by atoms with Crippen molar-refractivity contribution in [3.05, 3.63) is 51.3 Å². The average molecular weight is 407 g/mol. The van der Waals surface area contributed by atoms with Crippen LogP contribution in [0.2, 0.25) is 0 Å². The Morgan fingerprint density at radius 3 is 2.97 bits per heavy atom. The van der Waals surface area contributed by atoms with Gasteiger partial charge >= 0.3 is 0 Å². The van der Waals surface area contributed by atoms with Crippen LogP contribution < -0.4 is 4.90 Å². The third-order valence-corrected chi connectivity index (χ3v) is 7.23. The Morgan fingerprint density at radius 2 is 2.07 bits per heavy atom. The fourth-order valence-electron chi connectivity index (χ4n) is 4.58. The Morgan fingerprint density at radius 1 is 1.17 bits per heavy atom. The van der Waals surface area contributed by atoms with E-state index in [0.717, 1.165) is 61.4 Å². The van der Waals surface area contributed by atoms with Crippen LogP contribution in [0, 0.1) is 19.8 Å². The Kier molecular flexibility index (Phi) is 4.74. The molecular weight excluding hydrogens is 380 g/mol. The summed E-state index contributed by atoms with van der Waals surface area (Å²) >= 11 is 1.81. The van der Waals surface area contributed by atoms with Crippen LogP contribution in [0.15, 0.2) is 29.6 Å². The van der Waals surface area contributed by atoms with Gasteiger partial charge in [-0.3, -0.25) is 4.79 Å². The first kappa shape index (κ1) is 18.6. The van der Waals surface area contributed by atoms with E-state index in [1.807, 2.05) is 18.3 Å². The first-order chi connectivity index (χ1) is 14.1. The Bertz CT molecular complexity index is 1080. The fraction of sp³-hybridized carbons (Fsp3) is 0.435. The molecule has 0 saturated carbocycles. The molecule has 29 heavy (non-hydrogen) atoms. The van der Waals surface area contributed by atoms with Gasteiger partial charge in [-0.05, 0) is 61.7 Å². The molecule has 2 aromatic heterocycles. The van der Waals surface area contributed by atoms with Gasteiger partial charge in [0.25, 0.3) is 0 Å². The van der Waals surface area contributed by atoms with E-state index in [4.69, 9.17) is 9.97 Å². The molecule has 5 rings (SSSR count). The summed E-state index contributed by atoms with van der Waals surface area (Å²) in [5.41, 5.74) is 4.51. The van der Waals surface area contributed by atoms with Crippen molar-refractivity contribution in [3.8, 4) is 0 Å². The molecule has 4 heterocycles. The molecule has 6 heteroatoms. The maximum atomic E-state index is 13.2. The maximum absolute atomic E-state index is 13.2. The van der Waals surface area contributed by atoms with Crippen molar-refractivity contribution in [1.82, 2.24) is 14.9 Å². The molecule has 5 nitrogen and oxygen atoms in total. The van der Waals surface area contributed by atoms with E-state index in [1.165, 1.54) is 16.0 Å². The summed E-state index contributed by atoms with van der Waals surface area (Å²) in [6.45, 7) is 7.36. The molecule has 1 unspecified atom stereocenters. The Balaban J connectivity index is 1.35. The molecule has 1 saturated heterocycles. The van der Waals surface area contributed by atoms with Crippen LogP contribution in [0.4, 0.5) is 5.95 Å². The summed E-state index contributed by atoms with van der Waals surface area (Å²) in [4.78, 5) is 28.6. The maximum Gasteiger partial charge on any atom is 0.227 e. The number of piperidine rings is 1. The number of aryl methyl sites for hydroxylation is 2. The molecule has 150 valence electrons. The average Bonchev–Trinajstić information content (AvgIpc) is 3.21. The molecule has 3 aromatic rings. The Hall–Kier alpha value is -2.47. The summed E-state index contributed by atoms with van der Waals surface area (Å²) in [6, 6.07) is 8.49. The smallest absolute Gasteiger partial charge is 0.227 e.